The van der Waals surface area contributed by atoms with Crippen LogP contribution >= 0.6 is 22.9 Å². The van der Waals surface area contributed by atoms with Crippen molar-refractivity contribution >= 4 is 38.6 Å². The van der Waals surface area contributed by atoms with Crippen molar-refractivity contribution in [2.45, 2.75) is 17.4 Å². The minimum absolute atomic E-state index is 0.0586. The Hall–Kier alpha value is -2.06. The Balaban J connectivity index is 1.74. The Labute approximate surface area is 185 Å². The highest BCUT2D eigenvalue weighted by Crippen LogP contribution is 2.36. The Kier molecular flexibility index (Phi) is 7.31. The fourth-order valence-corrected chi connectivity index (χ4v) is 6.23. The summed E-state index contributed by atoms with van der Waals surface area (Å²) in [6.45, 7) is -2.02. The van der Waals surface area contributed by atoms with Crippen LogP contribution in [0.3, 0.4) is 0 Å². The number of halogens is 3. The van der Waals surface area contributed by atoms with Crippen molar-refractivity contribution in [3.05, 3.63) is 44.3 Å². The number of alkyl halides is 2. The molecule has 9 nitrogen and oxygen atoms in total. The van der Waals surface area contributed by atoms with Crippen LogP contribution in [0, 0.1) is 10.1 Å². The number of piperazine rings is 1. The monoisotopic (exact) mass is 497 g/mol. The zero-order chi connectivity index (χ0) is 22.8. The van der Waals surface area contributed by atoms with Crippen molar-refractivity contribution in [2.75, 3.05) is 33.3 Å². The lowest BCUT2D eigenvalue weighted by Crippen LogP contribution is -2.48. The summed E-state index contributed by atoms with van der Waals surface area (Å²) in [6.07, 6.45) is 0. The average molecular weight is 498 g/mol. The van der Waals surface area contributed by atoms with Crippen LogP contribution in [0.4, 0.5) is 14.5 Å². The van der Waals surface area contributed by atoms with E-state index in [9.17, 15) is 27.3 Å². The topological polar surface area (TPSA) is 102 Å². The standard InChI is InChI=1S/C17H18ClF2N3O6S2/c1-28-13-8-11(12(23(24)25)9-14(13)29-17(19)20)10-21-4-6-22(7-5-21)31(26,27)16-3-2-15(18)30-16/h2-3,8-9,17H,4-7,10H2,1H3. The molecule has 1 fully saturated rings. The highest BCUT2D eigenvalue weighted by Gasteiger charge is 2.31. The molecule has 14 heteroatoms. The molecule has 3 rings (SSSR count). The summed E-state index contributed by atoms with van der Waals surface area (Å²) in [4.78, 5) is 12.6. The number of hydrogen-bond donors (Lipinski definition) is 0. The molecule has 0 atom stereocenters. The van der Waals surface area contributed by atoms with E-state index in [4.69, 9.17) is 16.3 Å². The molecule has 1 aliphatic heterocycles. The van der Waals surface area contributed by atoms with E-state index in [1.807, 2.05) is 4.90 Å². The molecule has 31 heavy (non-hydrogen) atoms. The van der Waals surface area contributed by atoms with Crippen molar-refractivity contribution in [1.82, 2.24) is 9.21 Å². The van der Waals surface area contributed by atoms with Gasteiger partial charge in [-0.3, -0.25) is 15.0 Å². The number of methoxy groups -OCH3 is 1. The first-order valence-electron chi connectivity index (χ1n) is 8.89. The molecule has 0 unspecified atom stereocenters. The van der Waals surface area contributed by atoms with Gasteiger partial charge < -0.3 is 9.47 Å². The second-order valence-corrected chi connectivity index (χ2v) is 10.4. The van der Waals surface area contributed by atoms with Gasteiger partial charge in [0.2, 0.25) is 0 Å². The highest BCUT2D eigenvalue weighted by atomic mass is 35.5. The van der Waals surface area contributed by atoms with Gasteiger partial charge in [0.1, 0.15) is 4.21 Å². The number of nitro benzene ring substituents is 1. The van der Waals surface area contributed by atoms with E-state index in [-0.39, 0.29) is 40.8 Å². The number of thiophene rings is 1. The molecule has 0 spiro atoms. The highest BCUT2D eigenvalue weighted by molar-refractivity contribution is 7.91. The van der Waals surface area contributed by atoms with Gasteiger partial charge in [-0.15, -0.1) is 11.3 Å². The molecule has 2 heterocycles. The van der Waals surface area contributed by atoms with Gasteiger partial charge in [-0.25, -0.2) is 8.42 Å². The van der Waals surface area contributed by atoms with Gasteiger partial charge >= 0.3 is 6.61 Å². The number of benzene rings is 1. The lowest BCUT2D eigenvalue weighted by molar-refractivity contribution is -0.385. The molecular formula is C17H18ClF2N3O6S2. The molecule has 1 saturated heterocycles. The first-order chi connectivity index (χ1) is 14.6. The summed E-state index contributed by atoms with van der Waals surface area (Å²) in [5.41, 5.74) is -0.149. The maximum absolute atomic E-state index is 12.7. The molecule has 0 saturated carbocycles. The van der Waals surface area contributed by atoms with Crippen LogP contribution in [0.2, 0.25) is 4.34 Å². The normalized spacial score (nSPS) is 15.9. The van der Waals surface area contributed by atoms with E-state index < -0.39 is 27.3 Å². The minimum Gasteiger partial charge on any atom is -0.493 e. The molecule has 0 radical (unpaired) electrons. The third-order valence-electron chi connectivity index (χ3n) is 4.65. The van der Waals surface area contributed by atoms with Crippen LogP contribution in [0.25, 0.3) is 0 Å². The molecule has 1 aliphatic rings. The summed E-state index contributed by atoms with van der Waals surface area (Å²) >= 11 is 6.81. The molecule has 0 amide bonds. The fourth-order valence-electron chi connectivity index (χ4n) is 3.17. The number of hydrogen-bond acceptors (Lipinski definition) is 8. The van der Waals surface area contributed by atoms with Crippen molar-refractivity contribution in [2.24, 2.45) is 0 Å². The Bertz CT molecular complexity index is 1060. The minimum atomic E-state index is -3.66. The van der Waals surface area contributed by atoms with E-state index in [0.717, 1.165) is 17.4 Å². The molecular weight excluding hydrogens is 480 g/mol. The van der Waals surface area contributed by atoms with Crippen molar-refractivity contribution < 1.29 is 31.6 Å². The smallest absolute Gasteiger partial charge is 0.387 e. The number of rotatable bonds is 8. The van der Waals surface area contributed by atoms with E-state index in [1.54, 1.807) is 0 Å². The predicted molar refractivity (Wildman–Crippen MR) is 110 cm³/mol. The van der Waals surface area contributed by atoms with Gasteiger partial charge in [0, 0.05) is 38.3 Å². The molecule has 0 bridgehead atoms. The van der Waals surface area contributed by atoms with Crippen LogP contribution in [0.5, 0.6) is 11.5 Å². The quantitative estimate of drug-likeness (QED) is 0.406. The predicted octanol–water partition coefficient (Wildman–Crippen LogP) is 3.43. The van der Waals surface area contributed by atoms with Gasteiger partial charge in [0.25, 0.3) is 15.7 Å². The first kappa shape index (κ1) is 23.6. The third-order valence-corrected chi connectivity index (χ3v) is 8.24. The molecule has 170 valence electrons. The second-order valence-electron chi connectivity index (χ2n) is 6.51. The van der Waals surface area contributed by atoms with Crippen molar-refractivity contribution in [3.63, 3.8) is 0 Å². The van der Waals surface area contributed by atoms with Crippen molar-refractivity contribution in [1.29, 1.82) is 0 Å². The number of sulfonamides is 1. The zero-order valence-corrected chi connectivity index (χ0v) is 18.6. The van der Waals surface area contributed by atoms with Crippen LogP contribution in [-0.2, 0) is 16.6 Å². The summed E-state index contributed by atoms with van der Waals surface area (Å²) in [6, 6.07) is 5.16. The second kappa shape index (κ2) is 9.61. The summed E-state index contributed by atoms with van der Waals surface area (Å²) in [5.74, 6) is -0.491. The maximum atomic E-state index is 12.7. The lowest BCUT2D eigenvalue weighted by Gasteiger charge is -2.33. The summed E-state index contributed by atoms with van der Waals surface area (Å²) in [5, 5.41) is 11.4. The Morgan fingerprint density at radius 3 is 2.42 bits per heavy atom. The average Bonchev–Trinajstić information content (AvgIpc) is 3.16. The number of nitrogens with zero attached hydrogens (tertiary/aromatic N) is 3. The van der Waals surface area contributed by atoms with Crippen LogP contribution in [-0.4, -0.2) is 62.4 Å². The fraction of sp³-hybridized carbons (Fsp3) is 0.412. The first-order valence-corrected chi connectivity index (χ1v) is 11.5. The van der Waals surface area contributed by atoms with Gasteiger partial charge in [-0.2, -0.15) is 13.1 Å². The van der Waals surface area contributed by atoms with E-state index in [1.165, 1.54) is 29.6 Å². The zero-order valence-electron chi connectivity index (χ0n) is 16.2. The molecule has 1 aromatic heterocycles. The Morgan fingerprint density at radius 1 is 1.23 bits per heavy atom. The van der Waals surface area contributed by atoms with Gasteiger partial charge in [0.15, 0.2) is 11.5 Å². The van der Waals surface area contributed by atoms with Gasteiger partial charge in [0.05, 0.1) is 22.4 Å². The van der Waals surface area contributed by atoms with E-state index in [0.29, 0.717) is 17.4 Å². The van der Waals surface area contributed by atoms with Crippen molar-refractivity contribution in [3.8, 4) is 11.5 Å². The van der Waals surface area contributed by atoms with E-state index >= 15 is 0 Å². The third kappa shape index (κ3) is 5.41. The maximum Gasteiger partial charge on any atom is 0.387 e. The molecule has 0 N–H and O–H groups in total. The Morgan fingerprint density at radius 2 is 1.90 bits per heavy atom. The summed E-state index contributed by atoms with van der Waals surface area (Å²) < 4.78 is 61.8. The lowest BCUT2D eigenvalue weighted by atomic mass is 10.1. The SMILES string of the molecule is COc1cc(CN2CCN(S(=O)(=O)c3ccc(Cl)s3)CC2)c([N+](=O)[O-])cc1OC(F)F. The molecule has 2 aromatic rings. The molecule has 0 aliphatic carbocycles. The van der Waals surface area contributed by atoms with E-state index in [2.05, 4.69) is 4.74 Å². The largest absolute Gasteiger partial charge is 0.493 e. The van der Waals surface area contributed by atoms with Crippen LogP contribution < -0.4 is 9.47 Å². The van der Waals surface area contributed by atoms with Crippen LogP contribution in [0.1, 0.15) is 5.56 Å². The van der Waals surface area contributed by atoms with Gasteiger partial charge in [-0.05, 0) is 18.2 Å². The molecule has 1 aromatic carbocycles. The number of ether oxygens (including phenoxy) is 2. The van der Waals surface area contributed by atoms with Crippen LogP contribution in [0.15, 0.2) is 28.5 Å². The number of nitro groups is 1. The summed E-state index contributed by atoms with van der Waals surface area (Å²) in [7, 11) is -2.42. The van der Waals surface area contributed by atoms with Gasteiger partial charge in [-0.1, -0.05) is 11.6 Å².